The third-order valence-electron chi connectivity index (χ3n) is 16.2. The molecule has 1 aliphatic heterocycles. The first-order valence-electron chi connectivity index (χ1n) is 27.9. The molecule has 1 heterocycles. The molecule has 78 heavy (non-hydrogen) atoms. The predicted molar refractivity (Wildman–Crippen MR) is 297 cm³/mol. The molecule has 9 atom stereocenters. The molecule has 0 bridgehead atoms. The lowest BCUT2D eigenvalue weighted by molar-refractivity contribution is -0.148. The van der Waals surface area contributed by atoms with Crippen molar-refractivity contribution >= 4 is 41.4 Å². The van der Waals surface area contributed by atoms with Gasteiger partial charge in [0.05, 0.1) is 36.6 Å². The van der Waals surface area contributed by atoms with Crippen molar-refractivity contribution < 1.29 is 38.3 Å². The lowest BCUT2D eigenvalue weighted by Gasteiger charge is -2.36. The van der Waals surface area contributed by atoms with Crippen LogP contribution in [0, 0.1) is 17.3 Å². The summed E-state index contributed by atoms with van der Waals surface area (Å²) in [7, 11) is 3.35. The second-order valence-electron chi connectivity index (χ2n) is 22.7. The first kappa shape index (κ1) is 57.1. The van der Waals surface area contributed by atoms with Gasteiger partial charge in [-0.1, -0.05) is 100.0 Å². The molecule has 4 aliphatic rings. The molecule has 17 nitrogen and oxygen atoms in total. The highest BCUT2D eigenvalue weighted by Gasteiger charge is 2.46. The Hall–Kier alpha value is -7.11. The van der Waals surface area contributed by atoms with E-state index in [0.717, 1.165) is 67.2 Å². The van der Waals surface area contributed by atoms with Crippen molar-refractivity contribution in [3.05, 3.63) is 136 Å². The average molecular weight is 1070 g/mol. The molecule has 17 heteroatoms. The maximum atomic E-state index is 14.6. The van der Waals surface area contributed by atoms with Gasteiger partial charge < -0.3 is 41.5 Å². The topological polar surface area (TPSA) is 219 Å². The van der Waals surface area contributed by atoms with Crippen LogP contribution in [0.1, 0.15) is 142 Å². The molecule has 0 aromatic heterocycles. The number of nitrogens with zero attached hydrogens (tertiary/aromatic N) is 2. The van der Waals surface area contributed by atoms with Crippen molar-refractivity contribution in [1.82, 2.24) is 47.2 Å². The Morgan fingerprint density at radius 3 is 1.82 bits per heavy atom. The van der Waals surface area contributed by atoms with E-state index in [1.165, 1.54) is 21.0 Å². The Morgan fingerprint density at radius 2 is 1.22 bits per heavy atom. The number of nitrogens with one attached hydrogen (secondary N) is 7. The number of hydrazine groups is 1. The van der Waals surface area contributed by atoms with Crippen LogP contribution in [0.2, 0.25) is 0 Å². The molecular weight excluding hydrogens is 987 g/mol. The molecule has 0 spiro atoms. The van der Waals surface area contributed by atoms with E-state index < -0.39 is 53.4 Å². The Kier molecular flexibility index (Phi) is 18.7. The van der Waals surface area contributed by atoms with Crippen LogP contribution in [0.25, 0.3) is 0 Å². The van der Waals surface area contributed by atoms with Crippen LogP contribution < -0.4 is 42.1 Å². The number of rotatable bonds is 18. The monoisotopic (exact) mass is 1070 g/mol. The molecule has 2 fully saturated rings. The summed E-state index contributed by atoms with van der Waals surface area (Å²) in [6, 6.07) is 26.7. The average Bonchev–Trinajstić information content (AvgIpc) is 4.12. The van der Waals surface area contributed by atoms with Crippen LogP contribution in [-0.2, 0) is 54.8 Å². The number of aryl methyl sites for hydroxylation is 2. The molecule has 7 N–H and O–H groups in total. The summed E-state index contributed by atoms with van der Waals surface area (Å²) in [5, 5.41) is 19.7. The van der Waals surface area contributed by atoms with Gasteiger partial charge in [-0.05, 0) is 149 Å². The smallest absolute Gasteiger partial charge is 0.255 e. The second kappa shape index (κ2) is 25.6. The number of likely N-dealkylation sites (tertiary alicyclic amines) is 1. The SMILES string of the molecule is CN[C@@H](C)C(=O)NC(C(=O)N1C[C@@H](NC(=O)c2ccc(COc3ccc(CN(NC(=O)[C@H](C)NC)C(=O)[C@@H]4CCC[C@H]4C(=O)N[C@@H]4CCCc5ccccc54)cc3)cc2)CC1C(=O)N[C@@H]1CCCc2ccccc21)C(C)(C)C. The fraction of sp³-hybridized carbons (Fsp3) is 0.492. The minimum Gasteiger partial charge on any atom is -0.489 e. The highest BCUT2D eigenvalue weighted by atomic mass is 16.5. The van der Waals surface area contributed by atoms with Crippen LogP contribution in [0.5, 0.6) is 5.75 Å². The number of hydrogen-bond donors (Lipinski definition) is 7. The number of amides is 7. The number of carbonyl (C=O) groups is 7. The van der Waals surface area contributed by atoms with Crippen LogP contribution >= 0.6 is 0 Å². The zero-order valence-electron chi connectivity index (χ0n) is 46.3. The van der Waals surface area contributed by atoms with Gasteiger partial charge in [0.1, 0.15) is 24.4 Å². The highest BCUT2D eigenvalue weighted by Crippen LogP contribution is 2.37. The van der Waals surface area contributed by atoms with Gasteiger partial charge in [-0.2, -0.15) is 0 Å². The summed E-state index contributed by atoms with van der Waals surface area (Å²) in [6.45, 7) is 9.39. The van der Waals surface area contributed by atoms with Gasteiger partial charge in [0.25, 0.3) is 11.8 Å². The third-order valence-corrected chi connectivity index (χ3v) is 16.2. The molecule has 3 aliphatic carbocycles. The van der Waals surface area contributed by atoms with E-state index in [4.69, 9.17) is 4.74 Å². The number of likely N-dealkylation sites (N-methyl/N-ethyl adjacent to an activating group) is 2. The van der Waals surface area contributed by atoms with Gasteiger partial charge in [-0.15, -0.1) is 0 Å². The van der Waals surface area contributed by atoms with Crippen LogP contribution in [-0.4, -0.2) is 102 Å². The summed E-state index contributed by atoms with van der Waals surface area (Å²) < 4.78 is 6.14. The van der Waals surface area contributed by atoms with Gasteiger partial charge in [-0.3, -0.25) is 39.0 Å². The quantitative estimate of drug-likeness (QED) is 0.0588. The molecule has 1 saturated carbocycles. The van der Waals surface area contributed by atoms with Crippen molar-refractivity contribution in [2.24, 2.45) is 17.3 Å². The van der Waals surface area contributed by atoms with E-state index in [2.05, 4.69) is 55.5 Å². The maximum absolute atomic E-state index is 14.6. The normalized spacial score (nSPS) is 21.9. The zero-order valence-corrected chi connectivity index (χ0v) is 46.3. The molecule has 2 unspecified atom stereocenters. The lowest BCUT2D eigenvalue weighted by Crippen LogP contribution is -2.59. The standard InChI is InChI=1S/C61H79N9O8/c1-37(62-6)54(71)67-53(61(3,4)5)60(77)69-35-44(33-52(69)58(75)66-51-24-13-18-42-16-9-11-20-47(42)51)64-56(73)43-29-25-40(26-30-43)36-78-45-31-27-39(28-32-45)34-70(68-55(72)38(2)63-7)59(76)49-22-14-21-48(49)57(74)65-50-23-12-17-41-15-8-10-19-46(41)50/h8-11,15-16,19-20,25-32,37-38,44,48-53,62-63H,12-14,17-18,21-24,33-36H2,1-7H3,(H,64,73)(H,65,74)(H,66,75)(H,67,71)(H,68,72)/t37-,38-,44-,48+,49+,50+,51+,52?,53?/m0/s1. The minimum absolute atomic E-state index is 0.0768. The van der Waals surface area contributed by atoms with Gasteiger partial charge >= 0.3 is 0 Å². The molecular formula is C61H79N9O8. The molecule has 4 aromatic carbocycles. The Labute approximate surface area is 459 Å². The number of carbonyl (C=O) groups excluding carboxylic acids is 7. The van der Waals surface area contributed by atoms with E-state index in [0.29, 0.717) is 24.2 Å². The van der Waals surface area contributed by atoms with Crippen LogP contribution in [0.3, 0.4) is 0 Å². The van der Waals surface area contributed by atoms with E-state index >= 15 is 0 Å². The minimum atomic E-state index is -0.941. The lowest BCUT2D eigenvalue weighted by atomic mass is 9.85. The summed E-state index contributed by atoms with van der Waals surface area (Å²) in [6.07, 6.45) is 7.47. The van der Waals surface area contributed by atoms with Crippen LogP contribution in [0.4, 0.5) is 0 Å². The summed E-state index contributed by atoms with van der Waals surface area (Å²) in [5.41, 5.74) is 8.72. The van der Waals surface area contributed by atoms with Gasteiger partial charge in [0.15, 0.2) is 0 Å². The fourth-order valence-electron chi connectivity index (χ4n) is 11.4. The zero-order chi connectivity index (χ0) is 55.7. The number of hydrogen-bond acceptors (Lipinski definition) is 10. The summed E-state index contributed by atoms with van der Waals surface area (Å²) >= 11 is 0. The second-order valence-corrected chi connectivity index (χ2v) is 22.7. The predicted octanol–water partition coefficient (Wildman–Crippen LogP) is 5.88. The van der Waals surface area contributed by atoms with E-state index in [9.17, 15) is 33.6 Å². The molecule has 416 valence electrons. The third kappa shape index (κ3) is 13.8. The number of benzene rings is 4. The first-order chi connectivity index (χ1) is 37.4. The Bertz CT molecular complexity index is 2800. The van der Waals surface area contributed by atoms with E-state index in [1.54, 1.807) is 64.3 Å². The molecule has 7 amide bonds. The van der Waals surface area contributed by atoms with Gasteiger partial charge in [0.2, 0.25) is 29.5 Å². The van der Waals surface area contributed by atoms with Crippen molar-refractivity contribution in [3.8, 4) is 5.75 Å². The maximum Gasteiger partial charge on any atom is 0.255 e. The van der Waals surface area contributed by atoms with Crippen LogP contribution in [0.15, 0.2) is 97.1 Å². The molecule has 0 radical (unpaired) electrons. The fourth-order valence-corrected chi connectivity index (χ4v) is 11.4. The highest BCUT2D eigenvalue weighted by molar-refractivity contribution is 5.96. The Morgan fingerprint density at radius 1 is 0.654 bits per heavy atom. The summed E-state index contributed by atoms with van der Waals surface area (Å²) in [4.78, 5) is 98.9. The van der Waals surface area contributed by atoms with E-state index in [1.807, 2.05) is 63.2 Å². The van der Waals surface area contributed by atoms with Gasteiger partial charge in [0, 0.05) is 24.1 Å². The van der Waals surface area contributed by atoms with Crippen molar-refractivity contribution in [2.45, 2.75) is 154 Å². The number of fused-ring (bicyclic) bond motifs is 2. The van der Waals surface area contributed by atoms with Crippen molar-refractivity contribution in [3.63, 3.8) is 0 Å². The van der Waals surface area contributed by atoms with Gasteiger partial charge in [-0.25, -0.2) is 5.01 Å². The molecule has 4 aromatic rings. The first-order valence-corrected chi connectivity index (χ1v) is 27.9. The van der Waals surface area contributed by atoms with Crippen molar-refractivity contribution in [2.75, 3.05) is 20.6 Å². The van der Waals surface area contributed by atoms with E-state index in [-0.39, 0.29) is 73.6 Å². The number of ether oxygens (including phenoxy) is 1. The molecule has 8 rings (SSSR count). The summed E-state index contributed by atoms with van der Waals surface area (Å²) in [5.74, 6) is -2.72. The largest absolute Gasteiger partial charge is 0.489 e. The molecule has 1 saturated heterocycles. The Balaban J connectivity index is 0.886. The van der Waals surface area contributed by atoms with Crippen molar-refractivity contribution in [1.29, 1.82) is 0 Å².